The van der Waals surface area contributed by atoms with E-state index in [1.165, 1.54) is 48.9 Å². The fourth-order valence-corrected chi connectivity index (χ4v) is 3.99. The predicted molar refractivity (Wildman–Crippen MR) is 113 cm³/mol. The summed E-state index contributed by atoms with van der Waals surface area (Å²) in [7, 11) is 2.21. The Balaban J connectivity index is 2.04. The van der Waals surface area contributed by atoms with Gasteiger partial charge >= 0.3 is 0 Å². The predicted octanol–water partition coefficient (Wildman–Crippen LogP) is 5.07. The van der Waals surface area contributed by atoms with Crippen LogP contribution < -0.4 is 5.46 Å². The number of rotatable bonds is 1. The van der Waals surface area contributed by atoms with Crippen LogP contribution in [0.2, 0.25) is 0 Å². The fourth-order valence-electron chi connectivity index (χ4n) is 3.99. The lowest BCUT2D eigenvalue weighted by Gasteiger charge is -2.14. The topological polar surface area (TPSA) is 0 Å². The van der Waals surface area contributed by atoms with Crippen LogP contribution >= 0.6 is 0 Å². The summed E-state index contributed by atoms with van der Waals surface area (Å²) in [6, 6.07) is 32.9. The Kier molecular flexibility index (Phi) is 3.14. The zero-order valence-corrected chi connectivity index (χ0v) is 14.2. The molecule has 0 fully saturated rings. The van der Waals surface area contributed by atoms with Crippen molar-refractivity contribution in [3.8, 4) is 11.1 Å². The van der Waals surface area contributed by atoms with Crippen LogP contribution in [0.4, 0.5) is 0 Å². The van der Waals surface area contributed by atoms with E-state index in [-0.39, 0.29) is 0 Å². The first-order valence-electron chi connectivity index (χ1n) is 8.72. The molecule has 25 heavy (non-hydrogen) atoms. The van der Waals surface area contributed by atoms with E-state index in [9.17, 15) is 0 Å². The molecule has 0 unspecified atom stereocenters. The summed E-state index contributed by atoms with van der Waals surface area (Å²) in [5.41, 5.74) is 3.91. The molecule has 0 nitrogen and oxygen atoms in total. The minimum atomic E-state index is 1.27. The molecule has 5 rings (SSSR count). The molecule has 0 saturated heterocycles. The lowest BCUT2D eigenvalue weighted by molar-refractivity contribution is 1.67. The summed E-state index contributed by atoms with van der Waals surface area (Å²) in [5, 5.41) is 7.98. The smallest absolute Gasteiger partial charge is 0.0806 e. The largest absolute Gasteiger partial charge is 0.140 e. The standard InChI is InChI=1S/C24H17B/c25-24-15-23-18-11-5-4-10-17(18)21(16-8-2-1-3-9-16)14-22(23)19-12-6-7-13-20(19)24/h1-15H,25H2. The third-order valence-electron chi connectivity index (χ3n) is 5.17. The Bertz CT molecular complexity index is 1240. The highest BCUT2D eigenvalue weighted by molar-refractivity contribution is 6.42. The molecule has 0 saturated carbocycles. The van der Waals surface area contributed by atoms with Gasteiger partial charge in [-0.3, -0.25) is 0 Å². The highest BCUT2D eigenvalue weighted by Gasteiger charge is 2.11. The van der Waals surface area contributed by atoms with Crippen LogP contribution in [0.3, 0.4) is 0 Å². The highest BCUT2D eigenvalue weighted by atomic mass is 14.1. The van der Waals surface area contributed by atoms with Crippen molar-refractivity contribution in [3.63, 3.8) is 0 Å². The average Bonchev–Trinajstić information content (AvgIpc) is 2.69. The first-order valence-corrected chi connectivity index (χ1v) is 8.72. The lowest BCUT2D eigenvalue weighted by Crippen LogP contribution is -2.04. The molecular weight excluding hydrogens is 299 g/mol. The number of benzene rings is 5. The minimum Gasteiger partial charge on any atom is -0.0806 e. The van der Waals surface area contributed by atoms with Crippen LogP contribution in [0.15, 0.2) is 91.0 Å². The zero-order valence-electron chi connectivity index (χ0n) is 14.2. The third-order valence-corrected chi connectivity index (χ3v) is 5.17. The van der Waals surface area contributed by atoms with Crippen molar-refractivity contribution in [1.82, 2.24) is 0 Å². The van der Waals surface area contributed by atoms with E-state index < -0.39 is 0 Å². The maximum atomic E-state index is 2.37. The molecule has 5 aromatic carbocycles. The first-order chi connectivity index (χ1) is 12.3. The Morgan fingerprint density at radius 1 is 0.440 bits per heavy atom. The van der Waals surface area contributed by atoms with Gasteiger partial charge in [0.05, 0.1) is 0 Å². The summed E-state index contributed by atoms with van der Waals surface area (Å²) in [6.45, 7) is 0. The second kappa shape index (κ2) is 5.49. The van der Waals surface area contributed by atoms with Gasteiger partial charge in [0.1, 0.15) is 7.85 Å². The molecule has 0 spiro atoms. The number of hydrogen-bond donors (Lipinski definition) is 0. The highest BCUT2D eigenvalue weighted by Crippen LogP contribution is 2.37. The van der Waals surface area contributed by atoms with Crippen LogP contribution in [0.1, 0.15) is 0 Å². The van der Waals surface area contributed by atoms with Crippen molar-refractivity contribution in [3.05, 3.63) is 91.0 Å². The second-order valence-electron chi connectivity index (χ2n) is 6.67. The summed E-state index contributed by atoms with van der Waals surface area (Å²) >= 11 is 0. The van der Waals surface area contributed by atoms with E-state index in [1.54, 1.807) is 0 Å². The van der Waals surface area contributed by atoms with E-state index in [1.807, 2.05) is 0 Å². The molecule has 116 valence electrons. The van der Waals surface area contributed by atoms with Gasteiger partial charge in [0.15, 0.2) is 0 Å². The van der Waals surface area contributed by atoms with E-state index in [4.69, 9.17) is 0 Å². The summed E-state index contributed by atoms with van der Waals surface area (Å²) in [6.07, 6.45) is 0. The maximum absolute atomic E-state index is 2.37. The van der Waals surface area contributed by atoms with Crippen LogP contribution in [0.25, 0.3) is 43.4 Å². The van der Waals surface area contributed by atoms with Crippen LogP contribution in [0.5, 0.6) is 0 Å². The molecule has 0 aromatic heterocycles. The van der Waals surface area contributed by atoms with E-state index in [0.29, 0.717) is 0 Å². The van der Waals surface area contributed by atoms with Crippen LogP contribution in [0, 0.1) is 0 Å². The summed E-state index contributed by atoms with van der Waals surface area (Å²) in [5.74, 6) is 0. The van der Waals surface area contributed by atoms with Gasteiger partial charge in [-0.1, -0.05) is 90.4 Å². The summed E-state index contributed by atoms with van der Waals surface area (Å²) < 4.78 is 0. The lowest BCUT2D eigenvalue weighted by atomic mass is 9.84. The average molecular weight is 316 g/mol. The maximum Gasteiger partial charge on any atom is 0.140 e. The van der Waals surface area contributed by atoms with Gasteiger partial charge in [-0.2, -0.15) is 0 Å². The number of fused-ring (bicyclic) bond motifs is 5. The molecule has 0 atom stereocenters. The van der Waals surface area contributed by atoms with E-state index >= 15 is 0 Å². The molecule has 0 heterocycles. The van der Waals surface area contributed by atoms with Crippen LogP contribution in [-0.4, -0.2) is 7.85 Å². The quantitative estimate of drug-likeness (QED) is 0.299. The van der Waals surface area contributed by atoms with Crippen LogP contribution in [-0.2, 0) is 0 Å². The first kappa shape index (κ1) is 14.3. The van der Waals surface area contributed by atoms with Crippen molar-refractivity contribution in [1.29, 1.82) is 0 Å². The molecule has 0 N–H and O–H groups in total. The fraction of sp³-hybridized carbons (Fsp3) is 0. The monoisotopic (exact) mass is 316 g/mol. The molecule has 0 aliphatic carbocycles. The third kappa shape index (κ3) is 2.16. The molecule has 0 amide bonds. The Morgan fingerprint density at radius 3 is 1.68 bits per heavy atom. The van der Waals surface area contributed by atoms with Gasteiger partial charge in [0, 0.05) is 0 Å². The molecule has 5 aromatic rings. The van der Waals surface area contributed by atoms with Crippen molar-refractivity contribution < 1.29 is 0 Å². The minimum absolute atomic E-state index is 1.27. The Labute approximate surface area is 148 Å². The van der Waals surface area contributed by atoms with Gasteiger partial charge in [-0.25, -0.2) is 0 Å². The van der Waals surface area contributed by atoms with Crippen molar-refractivity contribution in [2.75, 3.05) is 0 Å². The van der Waals surface area contributed by atoms with Gasteiger partial charge in [0.25, 0.3) is 0 Å². The molecule has 0 radical (unpaired) electrons. The van der Waals surface area contributed by atoms with E-state index in [0.717, 1.165) is 0 Å². The van der Waals surface area contributed by atoms with Crippen molar-refractivity contribution in [2.24, 2.45) is 0 Å². The second-order valence-corrected chi connectivity index (χ2v) is 6.67. The van der Waals surface area contributed by atoms with Gasteiger partial charge in [-0.15, -0.1) is 0 Å². The summed E-state index contributed by atoms with van der Waals surface area (Å²) in [4.78, 5) is 0. The normalized spacial score (nSPS) is 11.4. The SMILES string of the molecule is Bc1cc2c3ccccc3c(-c3ccccc3)cc2c2ccccc12. The molecule has 1 heteroatoms. The van der Waals surface area contributed by atoms with Gasteiger partial charge < -0.3 is 0 Å². The molecule has 0 aliphatic rings. The molecular formula is C24H17B. The molecule has 0 bridgehead atoms. The van der Waals surface area contributed by atoms with Crippen molar-refractivity contribution >= 4 is 45.6 Å². The van der Waals surface area contributed by atoms with Gasteiger partial charge in [-0.05, 0) is 49.5 Å². The Morgan fingerprint density at radius 2 is 0.960 bits per heavy atom. The number of hydrogen-bond acceptors (Lipinski definition) is 0. The van der Waals surface area contributed by atoms with E-state index in [2.05, 4.69) is 98.8 Å². The molecule has 0 aliphatic heterocycles. The Hall–Kier alpha value is -3.06. The van der Waals surface area contributed by atoms with Crippen molar-refractivity contribution in [2.45, 2.75) is 0 Å². The zero-order chi connectivity index (χ0) is 16.8. The van der Waals surface area contributed by atoms with Gasteiger partial charge in [0.2, 0.25) is 0 Å².